The Morgan fingerprint density at radius 1 is 0.943 bits per heavy atom. The van der Waals surface area contributed by atoms with Crippen LogP contribution in [0.2, 0.25) is 0 Å². The smallest absolute Gasteiger partial charge is 0.256 e. The van der Waals surface area contributed by atoms with Crippen molar-refractivity contribution in [3.63, 3.8) is 0 Å². The topological polar surface area (TPSA) is 88.6 Å². The van der Waals surface area contributed by atoms with Crippen LogP contribution in [0, 0.1) is 5.82 Å². The molecule has 0 spiro atoms. The molecular weight excluding hydrogens is 469 g/mol. The normalized spacial score (nSPS) is 14.7. The number of sulfonamides is 1. The van der Waals surface area contributed by atoms with E-state index in [1.165, 1.54) is 28.6 Å². The van der Waals surface area contributed by atoms with Crippen LogP contribution >= 0.6 is 0 Å². The molecule has 1 aromatic heterocycles. The number of benzene rings is 3. The second-order valence-corrected chi connectivity index (χ2v) is 10.0. The number of morpholine rings is 1. The third kappa shape index (κ3) is 4.79. The van der Waals surface area contributed by atoms with Crippen molar-refractivity contribution in [2.24, 2.45) is 0 Å². The van der Waals surface area contributed by atoms with Crippen LogP contribution < -0.4 is 5.32 Å². The Hall–Kier alpha value is -3.66. The number of hydrogen-bond acceptors (Lipinski definition) is 5. The van der Waals surface area contributed by atoms with Crippen LogP contribution in [0.15, 0.2) is 83.8 Å². The zero-order valence-electron chi connectivity index (χ0n) is 18.6. The second-order valence-electron chi connectivity index (χ2n) is 8.08. The average molecular weight is 492 g/mol. The summed E-state index contributed by atoms with van der Waals surface area (Å²) in [6.45, 7) is 1.27. The van der Waals surface area contributed by atoms with Crippen LogP contribution in [-0.2, 0) is 14.8 Å². The molecule has 0 aliphatic carbocycles. The summed E-state index contributed by atoms with van der Waals surface area (Å²) < 4.78 is 46.1. The summed E-state index contributed by atoms with van der Waals surface area (Å²) in [7, 11) is -3.70. The van der Waals surface area contributed by atoms with E-state index in [4.69, 9.17) is 4.74 Å². The average Bonchev–Trinajstić information content (AvgIpc) is 2.89. The molecule has 0 bridgehead atoms. The van der Waals surface area contributed by atoms with Gasteiger partial charge in [0.2, 0.25) is 10.0 Å². The number of nitrogens with zero attached hydrogens (tertiary/aromatic N) is 2. The fourth-order valence-electron chi connectivity index (χ4n) is 4.00. The van der Waals surface area contributed by atoms with Crippen LogP contribution in [-0.4, -0.2) is 49.9 Å². The van der Waals surface area contributed by atoms with E-state index in [1.807, 2.05) is 12.1 Å². The lowest BCUT2D eigenvalue weighted by atomic mass is 10.0. The molecule has 178 valence electrons. The number of amides is 1. The zero-order chi connectivity index (χ0) is 24.4. The van der Waals surface area contributed by atoms with Crippen LogP contribution in [0.5, 0.6) is 0 Å². The molecule has 0 saturated carbocycles. The van der Waals surface area contributed by atoms with Gasteiger partial charge in [-0.2, -0.15) is 4.31 Å². The van der Waals surface area contributed by atoms with Crippen molar-refractivity contribution in [2.75, 3.05) is 31.6 Å². The van der Waals surface area contributed by atoms with Gasteiger partial charge in [0.05, 0.1) is 34.9 Å². The first-order valence-corrected chi connectivity index (χ1v) is 12.5. The molecule has 1 aliphatic heterocycles. The maximum Gasteiger partial charge on any atom is 0.256 e. The summed E-state index contributed by atoms with van der Waals surface area (Å²) in [6, 6.07) is 21.0. The van der Waals surface area contributed by atoms with Gasteiger partial charge in [-0.05, 0) is 54.6 Å². The van der Waals surface area contributed by atoms with Crippen molar-refractivity contribution < 1.29 is 22.3 Å². The molecule has 7 nitrogen and oxygen atoms in total. The number of nitrogens with one attached hydrogen (secondary N) is 1. The summed E-state index contributed by atoms with van der Waals surface area (Å²) in [4.78, 5) is 18.1. The van der Waals surface area contributed by atoms with Crippen molar-refractivity contribution in [3.8, 4) is 11.3 Å². The Bertz CT molecular complexity index is 1500. The third-order valence-corrected chi connectivity index (χ3v) is 7.70. The molecule has 1 N–H and O–H groups in total. The lowest BCUT2D eigenvalue weighted by Crippen LogP contribution is -2.40. The molecule has 0 unspecified atom stereocenters. The maximum absolute atomic E-state index is 13.4. The number of fused-ring (bicyclic) bond motifs is 1. The van der Waals surface area contributed by atoms with Crippen LogP contribution in [0.1, 0.15) is 10.4 Å². The molecule has 0 atom stereocenters. The Morgan fingerprint density at radius 2 is 1.69 bits per heavy atom. The van der Waals surface area contributed by atoms with E-state index in [9.17, 15) is 17.6 Å². The number of halogens is 1. The molecule has 1 aliphatic rings. The highest BCUT2D eigenvalue weighted by molar-refractivity contribution is 7.89. The molecule has 1 saturated heterocycles. The first-order valence-electron chi connectivity index (χ1n) is 11.1. The quantitative estimate of drug-likeness (QED) is 0.449. The van der Waals surface area contributed by atoms with Gasteiger partial charge in [0, 0.05) is 29.7 Å². The van der Waals surface area contributed by atoms with E-state index in [-0.39, 0.29) is 23.8 Å². The summed E-state index contributed by atoms with van der Waals surface area (Å²) >= 11 is 0. The van der Waals surface area contributed by atoms with Gasteiger partial charge in [-0.3, -0.25) is 4.79 Å². The Labute approximate surface area is 202 Å². The fourth-order valence-corrected chi connectivity index (χ4v) is 5.45. The number of carbonyl (C=O) groups excluding carboxylic acids is 1. The summed E-state index contributed by atoms with van der Waals surface area (Å²) in [6.07, 6.45) is 0. The first-order chi connectivity index (χ1) is 16.9. The number of hydrogen-bond donors (Lipinski definition) is 1. The number of pyridine rings is 1. The first kappa shape index (κ1) is 23.1. The van der Waals surface area contributed by atoms with Gasteiger partial charge < -0.3 is 10.1 Å². The number of carbonyl (C=O) groups is 1. The summed E-state index contributed by atoms with van der Waals surface area (Å²) in [5, 5.41) is 3.47. The minimum atomic E-state index is -3.70. The van der Waals surface area contributed by atoms with Crippen molar-refractivity contribution in [1.82, 2.24) is 9.29 Å². The highest BCUT2D eigenvalue weighted by Gasteiger charge is 2.26. The van der Waals surface area contributed by atoms with E-state index < -0.39 is 15.9 Å². The Kier molecular flexibility index (Phi) is 6.29. The highest BCUT2D eigenvalue weighted by atomic mass is 32.2. The Morgan fingerprint density at radius 3 is 2.46 bits per heavy atom. The fraction of sp³-hybridized carbons (Fsp3) is 0.154. The standard InChI is InChI=1S/C26H22FN3O4S/c27-19-10-8-18(9-11-19)25-17-23(22-6-1-2-7-24(22)29-25)26(31)28-20-4-3-5-21(16-20)35(32,33)30-12-14-34-15-13-30/h1-11,16-17H,12-15H2,(H,28,31). The molecular formula is C26H22FN3O4S. The SMILES string of the molecule is O=C(Nc1cccc(S(=O)(=O)N2CCOCC2)c1)c1cc(-c2ccc(F)cc2)nc2ccccc12. The van der Waals surface area contributed by atoms with Gasteiger partial charge >= 0.3 is 0 Å². The monoisotopic (exact) mass is 491 g/mol. The third-order valence-electron chi connectivity index (χ3n) is 5.80. The van der Waals surface area contributed by atoms with Crippen molar-refractivity contribution in [1.29, 1.82) is 0 Å². The lowest BCUT2D eigenvalue weighted by Gasteiger charge is -2.26. The molecule has 0 radical (unpaired) electrons. The number of ether oxygens (including phenoxy) is 1. The molecule has 1 amide bonds. The molecule has 35 heavy (non-hydrogen) atoms. The van der Waals surface area contributed by atoms with Gasteiger partial charge in [-0.15, -0.1) is 0 Å². The zero-order valence-corrected chi connectivity index (χ0v) is 19.5. The minimum absolute atomic E-state index is 0.101. The van der Waals surface area contributed by atoms with E-state index in [0.29, 0.717) is 46.6 Å². The van der Waals surface area contributed by atoms with E-state index in [1.54, 1.807) is 42.5 Å². The summed E-state index contributed by atoms with van der Waals surface area (Å²) in [5.41, 5.74) is 2.54. The highest BCUT2D eigenvalue weighted by Crippen LogP contribution is 2.27. The molecule has 1 fully saturated rings. The predicted octanol–water partition coefficient (Wildman–Crippen LogP) is 4.31. The molecule has 4 aromatic rings. The lowest BCUT2D eigenvalue weighted by molar-refractivity contribution is 0.0730. The van der Waals surface area contributed by atoms with Gasteiger partial charge in [0.15, 0.2) is 0 Å². The largest absolute Gasteiger partial charge is 0.379 e. The Balaban J connectivity index is 1.48. The number of aromatic nitrogens is 1. The van der Waals surface area contributed by atoms with E-state index in [2.05, 4.69) is 10.3 Å². The van der Waals surface area contributed by atoms with Crippen molar-refractivity contribution in [2.45, 2.75) is 4.90 Å². The van der Waals surface area contributed by atoms with Gasteiger partial charge in [0.1, 0.15) is 5.82 Å². The van der Waals surface area contributed by atoms with Gasteiger partial charge in [-0.25, -0.2) is 17.8 Å². The summed E-state index contributed by atoms with van der Waals surface area (Å²) in [5.74, 6) is -0.771. The number of anilines is 1. The molecule has 9 heteroatoms. The van der Waals surface area contributed by atoms with E-state index in [0.717, 1.165) is 0 Å². The minimum Gasteiger partial charge on any atom is -0.379 e. The van der Waals surface area contributed by atoms with Crippen LogP contribution in [0.25, 0.3) is 22.2 Å². The number of rotatable bonds is 5. The molecule has 3 aromatic carbocycles. The van der Waals surface area contributed by atoms with Gasteiger partial charge in [-0.1, -0.05) is 24.3 Å². The van der Waals surface area contributed by atoms with Crippen molar-refractivity contribution in [3.05, 3.63) is 90.2 Å². The number of para-hydroxylation sites is 1. The predicted molar refractivity (Wildman–Crippen MR) is 131 cm³/mol. The maximum atomic E-state index is 13.4. The van der Waals surface area contributed by atoms with Gasteiger partial charge in [0.25, 0.3) is 5.91 Å². The second kappa shape index (κ2) is 9.53. The van der Waals surface area contributed by atoms with E-state index >= 15 is 0 Å². The van der Waals surface area contributed by atoms with Crippen LogP contribution in [0.3, 0.4) is 0 Å². The van der Waals surface area contributed by atoms with Crippen LogP contribution in [0.4, 0.5) is 10.1 Å². The molecule has 5 rings (SSSR count). The van der Waals surface area contributed by atoms with Crippen molar-refractivity contribution >= 4 is 32.5 Å². The molecule has 2 heterocycles.